The van der Waals surface area contributed by atoms with Crippen LogP contribution in [-0.2, 0) is 17.5 Å². The van der Waals surface area contributed by atoms with Gasteiger partial charge in [-0.25, -0.2) is 4.79 Å². The van der Waals surface area contributed by atoms with E-state index in [9.17, 15) is 22.5 Å². The number of anilines is 1. The average molecular weight is 352 g/mol. The van der Waals surface area contributed by atoms with Crippen LogP contribution in [0, 0.1) is 0 Å². The fourth-order valence-corrected chi connectivity index (χ4v) is 2.48. The van der Waals surface area contributed by atoms with Gasteiger partial charge in [0.05, 0.1) is 11.6 Å². The van der Waals surface area contributed by atoms with Crippen LogP contribution in [0.2, 0.25) is 0 Å². The molecule has 1 rings (SSSR count). The third-order valence-electron chi connectivity index (χ3n) is 2.87. The van der Waals surface area contributed by atoms with Crippen molar-refractivity contribution in [1.82, 2.24) is 4.72 Å². The Balaban J connectivity index is 3.16. The number of amides is 1. The Kier molecular flexibility index (Phi) is 5.95. The van der Waals surface area contributed by atoms with Crippen LogP contribution in [0.15, 0.2) is 18.2 Å². The molecule has 1 aromatic carbocycles. The lowest BCUT2D eigenvalue weighted by atomic mass is 10.0. The standard InChI is InChI=1S/C14H19F3N2O3S/c1-8(19-23(22)13(2,3)4)9-5-10(14(15,16)17)7-11(6-9)18-12(20)21/h5-8,18-19H,1-4H3,(H,20,21)/t8?,23-/m0/s1. The molecule has 0 saturated heterocycles. The second-order valence-electron chi connectivity index (χ2n) is 5.99. The molecule has 0 aliphatic heterocycles. The Morgan fingerprint density at radius 1 is 1.26 bits per heavy atom. The van der Waals surface area contributed by atoms with E-state index < -0.39 is 40.0 Å². The molecule has 1 unspecified atom stereocenters. The molecule has 130 valence electrons. The third kappa shape index (κ3) is 5.92. The molecule has 0 fully saturated rings. The van der Waals surface area contributed by atoms with Gasteiger partial charge in [0.15, 0.2) is 0 Å². The highest BCUT2D eigenvalue weighted by atomic mass is 32.2. The molecule has 0 spiro atoms. The number of nitrogens with one attached hydrogen (secondary N) is 2. The maximum absolute atomic E-state index is 12.9. The van der Waals surface area contributed by atoms with Gasteiger partial charge in [-0.05, 0) is 51.5 Å². The smallest absolute Gasteiger partial charge is 0.416 e. The van der Waals surface area contributed by atoms with E-state index >= 15 is 0 Å². The third-order valence-corrected chi connectivity index (χ3v) is 4.55. The lowest BCUT2D eigenvalue weighted by molar-refractivity contribution is -0.137. The maximum Gasteiger partial charge on any atom is 0.416 e. The number of hydrogen-bond donors (Lipinski definition) is 3. The van der Waals surface area contributed by atoms with Crippen LogP contribution < -0.4 is 10.0 Å². The van der Waals surface area contributed by atoms with E-state index in [0.717, 1.165) is 6.07 Å². The zero-order valence-electron chi connectivity index (χ0n) is 13.1. The van der Waals surface area contributed by atoms with Crippen LogP contribution in [0.25, 0.3) is 0 Å². The van der Waals surface area contributed by atoms with Crippen molar-refractivity contribution >= 4 is 23.1 Å². The fourth-order valence-electron chi connectivity index (χ4n) is 1.67. The highest BCUT2D eigenvalue weighted by molar-refractivity contribution is 7.90. The molecule has 0 aromatic heterocycles. The first-order valence-electron chi connectivity index (χ1n) is 6.71. The van der Waals surface area contributed by atoms with Crippen LogP contribution >= 0.6 is 0 Å². The van der Waals surface area contributed by atoms with E-state index in [-0.39, 0.29) is 11.3 Å². The van der Waals surface area contributed by atoms with Crippen molar-refractivity contribution in [3.8, 4) is 0 Å². The largest absolute Gasteiger partial charge is 0.598 e. The summed E-state index contributed by atoms with van der Waals surface area (Å²) in [6, 6.07) is 2.24. The SMILES string of the molecule is CC(N[S@@+]([O-])C(C)(C)C)c1cc(NC(=O)O)cc(C(F)(F)F)c1. The topological polar surface area (TPSA) is 84.4 Å². The number of carboxylic acid groups (broad SMARTS) is 1. The Bertz CT molecular complexity index is 573. The van der Waals surface area contributed by atoms with Gasteiger partial charge in [-0.2, -0.15) is 13.2 Å². The molecule has 23 heavy (non-hydrogen) atoms. The molecule has 5 nitrogen and oxygen atoms in total. The number of rotatable bonds is 4. The summed E-state index contributed by atoms with van der Waals surface area (Å²) < 4.78 is 53.0. The van der Waals surface area contributed by atoms with Crippen molar-refractivity contribution in [2.75, 3.05) is 5.32 Å². The predicted octanol–water partition coefficient (Wildman–Crippen LogP) is 3.91. The van der Waals surface area contributed by atoms with Crippen molar-refractivity contribution in [2.24, 2.45) is 0 Å². The summed E-state index contributed by atoms with van der Waals surface area (Å²) in [5.41, 5.74) is -0.993. The first-order chi connectivity index (χ1) is 10.3. The van der Waals surface area contributed by atoms with E-state index in [1.807, 2.05) is 5.32 Å². The second kappa shape index (κ2) is 6.98. The molecule has 3 N–H and O–H groups in total. The van der Waals surface area contributed by atoms with E-state index in [0.29, 0.717) is 6.07 Å². The van der Waals surface area contributed by atoms with Gasteiger partial charge in [-0.15, -0.1) is 4.72 Å². The van der Waals surface area contributed by atoms with Crippen LogP contribution in [0.1, 0.15) is 44.9 Å². The van der Waals surface area contributed by atoms with Gasteiger partial charge in [0.1, 0.15) is 4.75 Å². The number of halogens is 3. The lowest BCUT2D eigenvalue weighted by Gasteiger charge is -2.27. The molecule has 0 bridgehead atoms. The summed E-state index contributed by atoms with van der Waals surface area (Å²) in [6.07, 6.45) is -6.08. The van der Waals surface area contributed by atoms with Crippen LogP contribution in [0.3, 0.4) is 0 Å². The summed E-state index contributed by atoms with van der Waals surface area (Å²) in [4.78, 5) is 10.7. The van der Waals surface area contributed by atoms with Crippen molar-refractivity contribution in [3.05, 3.63) is 29.3 Å². The summed E-state index contributed by atoms with van der Waals surface area (Å²) >= 11 is -1.48. The zero-order valence-corrected chi connectivity index (χ0v) is 13.9. The van der Waals surface area contributed by atoms with Gasteiger partial charge in [0.25, 0.3) is 0 Å². The maximum atomic E-state index is 12.9. The number of benzene rings is 1. The molecule has 0 heterocycles. The lowest BCUT2D eigenvalue weighted by Crippen LogP contribution is -2.40. The van der Waals surface area contributed by atoms with Gasteiger partial charge in [0.2, 0.25) is 0 Å². The molecule has 0 aliphatic rings. The molecule has 0 saturated carbocycles. The number of carbonyl (C=O) groups is 1. The van der Waals surface area contributed by atoms with Crippen LogP contribution in [0.5, 0.6) is 0 Å². The average Bonchev–Trinajstić information content (AvgIpc) is 2.35. The first kappa shape index (κ1) is 19.6. The minimum absolute atomic E-state index is 0.182. The minimum atomic E-state index is -4.62. The van der Waals surface area contributed by atoms with E-state index in [1.165, 1.54) is 6.07 Å². The highest BCUT2D eigenvalue weighted by Gasteiger charge is 2.33. The van der Waals surface area contributed by atoms with Gasteiger partial charge in [-0.3, -0.25) is 5.32 Å². The Morgan fingerprint density at radius 3 is 2.26 bits per heavy atom. The van der Waals surface area contributed by atoms with Crippen molar-refractivity contribution in [3.63, 3.8) is 0 Å². The van der Waals surface area contributed by atoms with E-state index in [1.54, 1.807) is 27.7 Å². The number of alkyl halides is 3. The molecule has 2 atom stereocenters. The van der Waals surface area contributed by atoms with E-state index in [4.69, 9.17) is 5.11 Å². The molecular weight excluding hydrogens is 333 g/mol. The molecule has 1 amide bonds. The Hall–Kier alpha value is -1.45. The predicted molar refractivity (Wildman–Crippen MR) is 82.5 cm³/mol. The van der Waals surface area contributed by atoms with Crippen molar-refractivity contribution in [1.29, 1.82) is 0 Å². The molecular formula is C14H19F3N2O3S. The zero-order chi connectivity index (χ0) is 18.0. The molecule has 1 aromatic rings. The van der Waals surface area contributed by atoms with Crippen LogP contribution in [-0.4, -0.2) is 20.5 Å². The second-order valence-corrected chi connectivity index (χ2v) is 7.99. The van der Waals surface area contributed by atoms with Crippen LogP contribution in [0.4, 0.5) is 23.7 Å². The molecule has 0 aliphatic carbocycles. The quantitative estimate of drug-likeness (QED) is 0.718. The normalized spacial score (nSPS) is 15.1. The first-order valence-corrected chi connectivity index (χ1v) is 7.86. The number of hydrogen-bond acceptors (Lipinski definition) is 3. The van der Waals surface area contributed by atoms with Crippen molar-refractivity contribution < 1.29 is 27.6 Å². The summed E-state index contributed by atoms with van der Waals surface area (Å²) in [7, 11) is 0. The monoisotopic (exact) mass is 352 g/mol. The molecule has 9 heteroatoms. The summed E-state index contributed by atoms with van der Waals surface area (Å²) in [5.74, 6) is 0. The molecule has 0 radical (unpaired) electrons. The van der Waals surface area contributed by atoms with Gasteiger partial charge in [0, 0.05) is 17.0 Å². The van der Waals surface area contributed by atoms with E-state index in [2.05, 4.69) is 4.72 Å². The van der Waals surface area contributed by atoms with Crippen molar-refractivity contribution in [2.45, 2.75) is 44.7 Å². The Labute approximate surface area is 135 Å². The van der Waals surface area contributed by atoms with Gasteiger partial charge >= 0.3 is 12.3 Å². The fraction of sp³-hybridized carbons (Fsp3) is 0.500. The summed E-state index contributed by atoms with van der Waals surface area (Å²) in [6.45, 7) is 6.74. The highest BCUT2D eigenvalue weighted by Crippen LogP contribution is 2.33. The summed E-state index contributed by atoms with van der Waals surface area (Å²) in [5, 5.41) is 10.6. The van der Waals surface area contributed by atoms with Gasteiger partial charge in [-0.1, -0.05) is 0 Å². The minimum Gasteiger partial charge on any atom is -0.598 e. The van der Waals surface area contributed by atoms with Gasteiger partial charge < -0.3 is 9.66 Å². The Morgan fingerprint density at radius 2 is 1.83 bits per heavy atom.